The minimum absolute atomic E-state index is 0. The SMILES string of the molecule is CS(=O)(=O)c1cc(S(=O)(=O)O)cs1.Cl. The zero-order chi connectivity index (χ0) is 10.3. The Labute approximate surface area is 91.8 Å². The first-order valence-electron chi connectivity index (χ1n) is 2.97. The molecule has 0 unspecified atom stereocenters. The molecule has 82 valence electrons. The van der Waals surface area contributed by atoms with Gasteiger partial charge in [0.15, 0.2) is 9.84 Å². The molecule has 0 fully saturated rings. The van der Waals surface area contributed by atoms with Gasteiger partial charge >= 0.3 is 0 Å². The van der Waals surface area contributed by atoms with Gasteiger partial charge in [-0.2, -0.15) is 8.42 Å². The molecular formula is C5H7ClO5S3. The second-order valence-electron chi connectivity index (χ2n) is 2.35. The predicted molar refractivity (Wildman–Crippen MR) is 54.5 cm³/mol. The van der Waals surface area contributed by atoms with E-state index in [1.54, 1.807) is 0 Å². The van der Waals surface area contributed by atoms with Crippen LogP contribution in [0.3, 0.4) is 0 Å². The van der Waals surface area contributed by atoms with Crippen LogP contribution in [0.4, 0.5) is 0 Å². The molecule has 1 rings (SSSR count). The number of thiophene rings is 1. The Morgan fingerprint density at radius 3 is 2.00 bits per heavy atom. The van der Waals surface area contributed by atoms with Gasteiger partial charge in [-0.05, 0) is 6.07 Å². The summed E-state index contributed by atoms with van der Waals surface area (Å²) in [4.78, 5) is -0.391. The second kappa shape index (κ2) is 4.15. The first-order valence-corrected chi connectivity index (χ1v) is 7.18. The van der Waals surface area contributed by atoms with Crippen molar-refractivity contribution in [1.29, 1.82) is 0 Å². The molecule has 0 aliphatic carbocycles. The third kappa shape index (κ3) is 3.21. The van der Waals surface area contributed by atoms with Crippen LogP contribution in [0.5, 0.6) is 0 Å². The average molecular weight is 279 g/mol. The highest BCUT2D eigenvalue weighted by molar-refractivity contribution is 7.93. The fourth-order valence-electron chi connectivity index (χ4n) is 0.630. The minimum Gasteiger partial charge on any atom is -0.282 e. The molecule has 1 heterocycles. The molecule has 14 heavy (non-hydrogen) atoms. The van der Waals surface area contributed by atoms with Gasteiger partial charge in [0.25, 0.3) is 10.1 Å². The molecule has 0 amide bonds. The van der Waals surface area contributed by atoms with Crippen LogP contribution in [0.15, 0.2) is 20.6 Å². The van der Waals surface area contributed by atoms with Crippen molar-refractivity contribution >= 4 is 43.7 Å². The quantitative estimate of drug-likeness (QED) is 0.809. The fourth-order valence-corrected chi connectivity index (χ4v) is 3.36. The fraction of sp³-hybridized carbons (Fsp3) is 0.200. The molecule has 0 spiro atoms. The minimum atomic E-state index is -4.30. The molecule has 0 saturated carbocycles. The van der Waals surface area contributed by atoms with Crippen LogP contribution in [0.2, 0.25) is 0 Å². The number of hydrogen-bond acceptors (Lipinski definition) is 5. The standard InChI is InChI=1S/C5H6O5S3.ClH/c1-12(6,7)5-2-4(3-11-5)13(8,9)10;/h2-3H,1H3,(H,8,9,10);1H. The summed E-state index contributed by atoms with van der Waals surface area (Å²) in [6, 6.07) is 0.926. The third-order valence-corrected chi connectivity index (χ3v) is 4.96. The zero-order valence-corrected chi connectivity index (χ0v) is 10.1. The molecule has 0 radical (unpaired) electrons. The lowest BCUT2D eigenvalue weighted by atomic mass is 10.7. The Hall–Kier alpha value is -0.150. The first-order chi connectivity index (χ1) is 5.71. The number of sulfone groups is 1. The summed E-state index contributed by atoms with van der Waals surface area (Å²) < 4.78 is 51.4. The smallest absolute Gasteiger partial charge is 0.282 e. The van der Waals surface area contributed by atoms with Crippen molar-refractivity contribution in [1.82, 2.24) is 0 Å². The van der Waals surface area contributed by atoms with Gasteiger partial charge in [0, 0.05) is 11.6 Å². The molecule has 0 aromatic carbocycles. The van der Waals surface area contributed by atoms with Gasteiger partial charge in [-0.15, -0.1) is 23.7 Å². The van der Waals surface area contributed by atoms with E-state index < -0.39 is 24.9 Å². The molecule has 0 aliphatic rings. The molecule has 9 heteroatoms. The van der Waals surface area contributed by atoms with E-state index in [0.29, 0.717) is 0 Å². The Morgan fingerprint density at radius 2 is 1.79 bits per heavy atom. The van der Waals surface area contributed by atoms with Crippen molar-refractivity contribution < 1.29 is 21.4 Å². The number of halogens is 1. The van der Waals surface area contributed by atoms with Crippen LogP contribution in [-0.4, -0.2) is 27.6 Å². The maximum absolute atomic E-state index is 10.9. The highest BCUT2D eigenvalue weighted by Gasteiger charge is 2.16. The maximum atomic E-state index is 10.9. The maximum Gasteiger partial charge on any atom is 0.295 e. The summed E-state index contributed by atoms with van der Waals surface area (Å²) >= 11 is 0.756. The largest absolute Gasteiger partial charge is 0.295 e. The van der Waals surface area contributed by atoms with Crippen LogP contribution in [0, 0.1) is 0 Å². The average Bonchev–Trinajstić information content (AvgIpc) is 2.28. The van der Waals surface area contributed by atoms with Crippen molar-refractivity contribution in [3.63, 3.8) is 0 Å². The lowest BCUT2D eigenvalue weighted by Crippen LogP contribution is -1.96. The molecule has 0 aliphatic heterocycles. The lowest BCUT2D eigenvalue weighted by Gasteiger charge is -1.89. The highest BCUT2D eigenvalue weighted by Crippen LogP contribution is 2.22. The van der Waals surface area contributed by atoms with E-state index in [2.05, 4.69) is 0 Å². The van der Waals surface area contributed by atoms with Gasteiger partial charge < -0.3 is 0 Å². The molecule has 5 nitrogen and oxygen atoms in total. The van der Waals surface area contributed by atoms with Gasteiger partial charge in [-0.25, -0.2) is 8.42 Å². The summed E-state index contributed by atoms with van der Waals surface area (Å²) in [5.41, 5.74) is 0. The molecule has 0 saturated heterocycles. The molecule has 0 atom stereocenters. The summed E-state index contributed by atoms with van der Waals surface area (Å²) in [6.45, 7) is 0. The highest BCUT2D eigenvalue weighted by atomic mass is 35.5. The third-order valence-electron chi connectivity index (χ3n) is 1.21. The van der Waals surface area contributed by atoms with Crippen molar-refractivity contribution in [3.05, 3.63) is 11.4 Å². The molecule has 1 N–H and O–H groups in total. The van der Waals surface area contributed by atoms with Gasteiger partial charge in [0.05, 0.1) is 0 Å². The number of rotatable bonds is 2. The summed E-state index contributed by atoms with van der Waals surface area (Å²) in [5.74, 6) is 0. The van der Waals surface area contributed by atoms with Crippen molar-refractivity contribution in [2.24, 2.45) is 0 Å². The van der Waals surface area contributed by atoms with Gasteiger partial charge in [0.2, 0.25) is 0 Å². The zero-order valence-electron chi connectivity index (χ0n) is 6.87. The van der Waals surface area contributed by atoms with E-state index in [0.717, 1.165) is 29.0 Å². The topological polar surface area (TPSA) is 88.5 Å². The van der Waals surface area contributed by atoms with Gasteiger partial charge in [0.1, 0.15) is 9.10 Å². The summed E-state index contributed by atoms with van der Waals surface area (Å²) in [5, 5.41) is 1.08. The van der Waals surface area contributed by atoms with E-state index in [4.69, 9.17) is 4.55 Å². The Morgan fingerprint density at radius 1 is 1.29 bits per heavy atom. The van der Waals surface area contributed by atoms with E-state index in [-0.39, 0.29) is 16.6 Å². The van der Waals surface area contributed by atoms with Crippen LogP contribution >= 0.6 is 23.7 Å². The van der Waals surface area contributed by atoms with E-state index in [1.807, 2.05) is 0 Å². The van der Waals surface area contributed by atoms with Crippen LogP contribution in [0.25, 0.3) is 0 Å². The normalized spacial score (nSPS) is 12.1. The Bertz CT molecular complexity index is 465. The van der Waals surface area contributed by atoms with Crippen molar-refractivity contribution in [2.75, 3.05) is 6.26 Å². The summed E-state index contributed by atoms with van der Waals surface area (Å²) in [7, 11) is -7.70. The number of hydrogen-bond donors (Lipinski definition) is 1. The van der Waals surface area contributed by atoms with Crippen molar-refractivity contribution in [2.45, 2.75) is 9.10 Å². The van der Waals surface area contributed by atoms with Crippen LogP contribution < -0.4 is 0 Å². The van der Waals surface area contributed by atoms with Crippen LogP contribution in [0.1, 0.15) is 0 Å². The molecule has 1 aromatic rings. The molecule has 1 aromatic heterocycles. The molecule has 0 bridgehead atoms. The Kier molecular flexibility index (Phi) is 4.11. The monoisotopic (exact) mass is 278 g/mol. The van der Waals surface area contributed by atoms with Gasteiger partial charge in [-0.1, -0.05) is 0 Å². The van der Waals surface area contributed by atoms with Crippen LogP contribution in [-0.2, 0) is 20.0 Å². The first kappa shape index (κ1) is 13.8. The van der Waals surface area contributed by atoms with Gasteiger partial charge in [-0.3, -0.25) is 4.55 Å². The second-order valence-corrected chi connectivity index (χ2v) is 6.92. The summed E-state index contributed by atoms with van der Waals surface area (Å²) in [6.07, 6.45) is 0.965. The molecular weight excluding hydrogens is 272 g/mol. The lowest BCUT2D eigenvalue weighted by molar-refractivity contribution is 0.483. The Balaban J connectivity index is 0.00000169. The van der Waals surface area contributed by atoms with E-state index >= 15 is 0 Å². The predicted octanol–water partition coefficient (Wildman–Crippen LogP) is 0.820. The van der Waals surface area contributed by atoms with E-state index in [9.17, 15) is 16.8 Å². The van der Waals surface area contributed by atoms with Crippen molar-refractivity contribution in [3.8, 4) is 0 Å². The van der Waals surface area contributed by atoms with E-state index in [1.165, 1.54) is 0 Å².